The van der Waals surface area contributed by atoms with Crippen molar-refractivity contribution >= 4 is 23.2 Å². The number of carbonyl (C=O) groups is 2. The molecule has 5 nitrogen and oxygen atoms in total. The van der Waals surface area contributed by atoms with Crippen LogP contribution in [-0.2, 0) is 9.59 Å². The average molecular weight is 319 g/mol. The Kier molecular flexibility index (Phi) is 3.44. The largest absolute Gasteiger partial charge is 0.348 e. The standard InChI is InChI=1S/C16H21N3O2S/c1-9(13-8-22-16(18-13)10-2-3-10)17-15(21)11-6-14(20)19(7-11)12-4-5-12/h8-12H,2-7H2,1H3,(H,17,21). The van der Waals surface area contributed by atoms with Crippen molar-refractivity contribution in [2.45, 2.75) is 57.0 Å². The lowest BCUT2D eigenvalue weighted by Crippen LogP contribution is -2.35. The van der Waals surface area contributed by atoms with E-state index in [1.807, 2.05) is 11.8 Å². The summed E-state index contributed by atoms with van der Waals surface area (Å²) in [5.41, 5.74) is 0.948. The van der Waals surface area contributed by atoms with E-state index >= 15 is 0 Å². The van der Waals surface area contributed by atoms with Gasteiger partial charge in [-0.1, -0.05) is 0 Å². The summed E-state index contributed by atoms with van der Waals surface area (Å²) in [7, 11) is 0. The Morgan fingerprint density at radius 2 is 2.18 bits per heavy atom. The van der Waals surface area contributed by atoms with E-state index in [0.29, 0.717) is 24.9 Å². The third-order valence-electron chi connectivity index (χ3n) is 4.79. The molecule has 3 fully saturated rings. The van der Waals surface area contributed by atoms with Crippen LogP contribution in [-0.4, -0.2) is 34.3 Å². The van der Waals surface area contributed by atoms with Gasteiger partial charge in [0.2, 0.25) is 11.8 Å². The van der Waals surface area contributed by atoms with Gasteiger partial charge in [0.25, 0.3) is 0 Å². The molecule has 2 saturated carbocycles. The zero-order chi connectivity index (χ0) is 15.3. The topological polar surface area (TPSA) is 62.3 Å². The highest BCUT2D eigenvalue weighted by molar-refractivity contribution is 7.09. The number of aromatic nitrogens is 1. The monoisotopic (exact) mass is 319 g/mol. The fraction of sp³-hybridized carbons (Fsp3) is 0.688. The van der Waals surface area contributed by atoms with Gasteiger partial charge in [-0.25, -0.2) is 4.98 Å². The molecular weight excluding hydrogens is 298 g/mol. The zero-order valence-corrected chi connectivity index (χ0v) is 13.6. The highest BCUT2D eigenvalue weighted by Crippen LogP contribution is 2.41. The van der Waals surface area contributed by atoms with Crippen LogP contribution in [0, 0.1) is 5.92 Å². The lowest BCUT2D eigenvalue weighted by Gasteiger charge is -2.17. The van der Waals surface area contributed by atoms with Crippen molar-refractivity contribution in [1.82, 2.24) is 15.2 Å². The van der Waals surface area contributed by atoms with Gasteiger partial charge >= 0.3 is 0 Å². The van der Waals surface area contributed by atoms with Crippen LogP contribution in [0.15, 0.2) is 5.38 Å². The number of nitrogens with zero attached hydrogens (tertiary/aromatic N) is 2. The molecule has 2 heterocycles. The van der Waals surface area contributed by atoms with Crippen molar-refractivity contribution in [3.63, 3.8) is 0 Å². The second-order valence-corrected chi connectivity index (χ2v) is 7.68. The van der Waals surface area contributed by atoms with Gasteiger partial charge in [0.1, 0.15) is 0 Å². The number of likely N-dealkylation sites (tertiary alicyclic amines) is 1. The lowest BCUT2D eigenvalue weighted by molar-refractivity contribution is -0.129. The van der Waals surface area contributed by atoms with E-state index in [1.165, 1.54) is 17.8 Å². The first-order valence-corrected chi connectivity index (χ1v) is 9.05. The van der Waals surface area contributed by atoms with Crippen molar-refractivity contribution in [2.75, 3.05) is 6.54 Å². The van der Waals surface area contributed by atoms with E-state index in [1.54, 1.807) is 11.3 Å². The molecule has 2 amide bonds. The fourth-order valence-electron chi connectivity index (χ4n) is 3.07. The van der Waals surface area contributed by atoms with Crippen LogP contribution in [0.1, 0.15) is 61.7 Å². The molecular formula is C16H21N3O2S. The van der Waals surface area contributed by atoms with Gasteiger partial charge in [0, 0.05) is 30.3 Å². The normalized spacial score (nSPS) is 26.3. The molecule has 1 aliphatic heterocycles. The first-order valence-electron chi connectivity index (χ1n) is 8.17. The molecule has 0 aromatic carbocycles. The smallest absolute Gasteiger partial charge is 0.225 e. The van der Waals surface area contributed by atoms with Crippen LogP contribution in [0.25, 0.3) is 0 Å². The maximum atomic E-state index is 12.4. The number of thiazole rings is 1. The second kappa shape index (κ2) is 5.33. The molecule has 1 aromatic rings. The van der Waals surface area contributed by atoms with Crippen LogP contribution >= 0.6 is 11.3 Å². The zero-order valence-electron chi connectivity index (χ0n) is 12.7. The number of amides is 2. The summed E-state index contributed by atoms with van der Waals surface area (Å²) >= 11 is 1.70. The summed E-state index contributed by atoms with van der Waals surface area (Å²) in [6, 6.07) is 0.323. The van der Waals surface area contributed by atoms with Crippen LogP contribution in [0.4, 0.5) is 0 Å². The Hall–Kier alpha value is -1.43. The first kappa shape index (κ1) is 14.2. The summed E-state index contributed by atoms with van der Waals surface area (Å²) in [5.74, 6) is 0.586. The Bertz CT molecular complexity index is 606. The maximum absolute atomic E-state index is 12.4. The third-order valence-corrected chi connectivity index (χ3v) is 5.81. The SMILES string of the molecule is CC(NC(=O)C1CC(=O)N(C2CC2)C1)c1csc(C2CC2)n1. The summed E-state index contributed by atoms with van der Waals surface area (Å²) in [5, 5.41) is 6.29. The van der Waals surface area contributed by atoms with E-state index in [2.05, 4.69) is 15.7 Å². The van der Waals surface area contributed by atoms with E-state index < -0.39 is 0 Å². The summed E-state index contributed by atoms with van der Waals surface area (Å²) < 4.78 is 0. The summed E-state index contributed by atoms with van der Waals surface area (Å²) in [4.78, 5) is 30.9. The van der Waals surface area contributed by atoms with Crippen molar-refractivity contribution in [1.29, 1.82) is 0 Å². The molecule has 1 saturated heterocycles. The fourth-order valence-corrected chi connectivity index (χ4v) is 4.15. The Labute approximate surface area is 134 Å². The van der Waals surface area contributed by atoms with Crippen LogP contribution in [0.2, 0.25) is 0 Å². The van der Waals surface area contributed by atoms with Crippen LogP contribution < -0.4 is 5.32 Å². The van der Waals surface area contributed by atoms with Crippen molar-refractivity contribution in [3.05, 3.63) is 16.1 Å². The Morgan fingerprint density at radius 3 is 2.86 bits per heavy atom. The number of hydrogen-bond acceptors (Lipinski definition) is 4. The van der Waals surface area contributed by atoms with Gasteiger partial charge in [-0.3, -0.25) is 9.59 Å². The number of rotatable bonds is 5. The molecule has 6 heteroatoms. The summed E-state index contributed by atoms with van der Waals surface area (Å²) in [6.07, 6.45) is 5.04. The Balaban J connectivity index is 1.35. The van der Waals surface area contributed by atoms with Crippen molar-refractivity contribution < 1.29 is 9.59 Å². The first-order chi connectivity index (χ1) is 10.6. The molecule has 1 aromatic heterocycles. The predicted octanol–water partition coefficient (Wildman–Crippen LogP) is 2.21. The molecule has 2 atom stereocenters. The van der Waals surface area contributed by atoms with Gasteiger partial charge in [-0.2, -0.15) is 0 Å². The van der Waals surface area contributed by atoms with E-state index in [0.717, 1.165) is 18.5 Å². The minimum atomic E-state index is -0.197. The van der Waals surface area contributed by atoms with Gasteiger partial charge < -0.3 is 10.2 Å². The van der Waals surface area contributed by atoms with Gasteiger partial charge in [-0.15, -0.1) is 11.3 Å². The quantitative estimate of drug-likeness (QED) is 0.905. The van der Waals surface area contributed by atoms with Crippen molar-refractivity contribution in [3.8, 4) is 0 Å². The third kappa shape index (κ3) is 2.76. The molecule has 118 valence electrons. The molecule has 1 N–H and O–H groups in total. The van der Waals surface area contributed by atoms with Crippen LogP contribution in [0.3, 0.4) is 0 Å². The second-order valence-electron chi connectivity index (χ2n) is 6.79. The van der Waals surface area contributed by atoms with Crippen molar-refractivity contribution in [2.24, 2.45) is 5.92 Å². The maximum Gasteiger partial charge on any atom is 0.225 e. The molecule has 4 rings (SSSR count). The highest BCUT2D eigenvalue weighted by Gasteiger charge is 2.42. The highest BCUT2D eigenvalue weighted by atomic mass is 32.1. The Morgan fingerprint density at radius 1 is 1.41 bits per heavy atom. The molecule has 2 aliphatic carbocycles. The van der Waals surface area contributed by atoms with E-state index in [-0.39, 0.29) is 23.8 Å². The lowest BCUT2D eigenvalue weighted by atomic mass is 10.1. The minimum absolute atomic E-state index is 0.00929. The molecule has 22 heavy (non-hydrogen) atoms. The van der Waals surface area contributed by atoms with Gasteiger partial charge in [-0.05, 0) is 32.6 Å². The predicted molar refractivity (Wildman–Crippen MR) is 83.5 cm³/mol. The molecule has 0 radical (unpaired) electrons. The van der Waals surface area contributed by atoms with E-state index in [9.17, 15) is 9.59 Å². The molecule has 2 unspecified atom stereocenters. The van der Waals surface area contributed by atoms with Gasteiger partial charge in [0.05, 0.1) is 22.7 Å². The average Bonchev–Trinajstić information content (AvgIpc) is 3.42. The number of hydrogen-bond donors (Lipinski definition) is 1. The molecule has 0 spiro atoms. The number of nitrogens with one attached hydrogen (secondary N) is 1. The molecule has 3 aliphatic rings. The molecule has 0 bridgehead atoms. The summed E-state index contributed by atoms with van der Waals surface area (Å²) in [6.45, 7) is 2.56. The van der Waals surface area contributed by atoms with E-state index in [4.69, 9.17) is 0 Å². The minimum Gasteiger partial charge on any atom is -0.348 e. The van der Waals surface area contributed by atoms with Crippen LogP contribution in [0.5, 0.6) is 0 Å². The number of carbonyl (C=O) groups excluding carboxylic acids is 2. The van der Waals surface area contributed by atoms with Gasteiger partial charge in [0.15, 0.2) is 0 Å².